The lowest BCUT2D eigenvalue weighted by Gasteiger charge is -2.47. The van der Waals surface area contributed by atoms with Crippen LogP contribution in [0.15, 0.2) is 0 Å². The van der Waals surface area contributed by atoms with E-state index in [4.69, 9.17) is 0 Å². The maximum Gasteiger partial charge on any atom is -0.0297 e. The molecule has 0 N–H and O–H groups in total. The molecule has 4 bridgehead atoms. The fourth-order valence-electron chi connectivity index (χ4n) is 7.19. The van der Waals surface area contributed by atoms with Crippen molar-refractivity contribution in [3.63, 3.8) is 0 Å². The summed E-state index contributed by atoms with van der Waals surface area (Å²) in [6, 6.07) is 0. The first-order chi connectivity index (χ1) is 12.0. The number of hydrogen-bond acceptors (Lipinski definition) is 0. The third-order valence-electron chi connectivity index (χ3n) is 10.1. The molecule has 25 heavy (non-hydrogen) atoms. The summed E-state index contributed by atoms with van der Waals surface area (Å²) < 4.78 is 0. The Morgan fingerprint density at radius 2 is 1.48 bits per heavy atom. The topological polar surface area (TPSA) is 0 Å². The van der Waals surface area contributed by atoms with Crippen molar-refractivity contribution < 1.29 is 0 Å². The third kappa shape index (κ3) is 3.70. The monoisotopic (exact) mass is 344 g/mol. The summed E-state index contributed by atoms with van der Waals surface area (Å²) in [6.07, 6.45) is 18.4. The van der Waals surface area contributed by atoms with E-state index in [1.807, 2.05) is 0 Å². The molecule has 8 saturated carbocycles. The largest absolute Gasteiger partial charge is 0.0649 e. The van der Waals surface area contributed by atoms with Gasteiger partial charge in [-0.1, -0.05) is 66.2 Å². The highest BCUT2D eigenvalue weighted by atomic mass is 14.6. The van der Waals surface area contributed by atoms with Gasteiger partial charge in [0, 0.05) is 0 Å². The lowest BCUT2D eigenvalue weighted by molar-refractivity contribution is 0.0284. The number of fused-ring (bicyclic) bond motifs is 5. The Morgan fingerprint density at radius 1 is 0.760 bits per heavy atom. The molecule has 8 fully saturated rings. The van der Waals surface area contributed by atoms with E-state index in [9.17, 15) is 0 Å². The first-order valence-corrected chi connectivity index (χ1v) is 12.0. The Hall–Kier alpha value is 0. The van der Waals surface area contributed by atoms with Crippen molar-refractivity contribution in [1.82, 2.24) is 0 Å². The maximum atomic E-state index is 2.48. The summed E-state index contributed by atoms with van der Waals surface area (Å²) in [7, 11) is 0. The minimum atomic E-state index is 0.769. The number of hydrogen-bond donors (Lipinski definition) is 0. The van der Waals surface area contributed by atoms with Gasteiger partial charge in [-0.25, -0.2) is 0 Å². The van der Waals surface area contributed by atoms with Gasteiger partial charge in [0.2, 0.25) is 0 Å². The highest BCUT2D eigenvalue weighted by Crippen LogP contribution is 2.63. The maximum absolute atomic E-state index is 2.48. The second kappa shape index (κ2) is 7.20. The summed E-state index contributed by atoms with van der Waals surface area (Å²) in [5.41, 5.74) is 0.769. The zero-order valence-corrected chi connectivity index (χ0v) is 17.6. The van der Waals surface area contributed by atoms with Crippen LogP contribution in [0.4, 0.5) is 0 Å². The summed E-state index contributed by atoms with van der Waals surface area (Å²) in [5.74, 6) is 9.08. The molecule has 8 aliphatic rings. The smallest absolute Gasteiger partial charge is 0.0297 e. The molecule has 0 aliphatic heterocycles. The lowest BCUT2D eigenvalue weighted by Crippen LogP contribution is -2.38. The molecule has 0 heterocycles. The molecule has 0 amide bonds. The van der Waals surface area contributed by atoms with Crippen molar-refractivity contribution in [3.05, 3.63) is 0 Å². The first kappa shape index (κ1) is 18.4. The van der Waals surface area contributed by atoms with Gasteiger partial charge in [-0.15, -0.1) is 0 Å². The highest BCUT2D eigenvalue weighted by Gasteiger charge is 2.53. The van der Waals surface area contributed by atoms with E-state index in [0.717, 1.165) is 52.8 Å². The zero-order chi connectivity index (χ0) is 17.6. The van der Waals surface area contributed by atoms with Gasteiger partial charge in [0.25, 0.3) is 0 Å². The molecule has 6 unspecified atom stereocenters. The van der Waals surface area contributed by atoms with E-state index < -0.39 is 0 Å². The Balaban J connectivity index is 0.0000000943. The zero-order valence-electron chi connectivity index (χ0n) is 17.6. The van der Waals surface area contributed by atoms with Gasteiger partial charge in [-0.3, -0.25) is 0 Å². The van der Waals surface area contributed by atoms with Crippen LogP contribution in [0.5, 0.6) is 0 Å². The van der Waals surface area contributed by atoms with Crippen molar-refractivity contribution in [2.45, 2.75) is 105 Å². The average Bonchev–Trinajstić information content (AvgIpc) is 3.34. The van der Waals surface area contributed by atoms with Crippen molar-refractivity contribution >= 4 is 0 Å². The van der Waals surface area contributed by atoms with Crippen LogP contribution in [-0.4, -0.2) is 0 Å². The molecule has 0 nitrogen and oxygen atoms in total. The van der Waals surface area contributed by atoms with Gasteiger partial charge in [-0.05, 0) is 91.3 Å². The predicted octanol–water partition coefficient (Wildman–Crippen LogP) is 7.72. The van der Waals surface area contributed by atoms with Gasteiger partial charge < -0.3 is 0 Å². The molecule has 6 atom stereocenters. The first-order valence-electron chi connectivity index (χ1n) is 12.0. The van der Waals surface area contributed by atoms with Crippen LogP contribution in [0, 0.1) is 52.8 Å². The minimum absolute atomic E-state index is 0.769. The summed E-state index contributed by atoms with van der Waals surface area (Å²) in [6.45, 7) is 9.67. The Kier molecular flexibility index (Phi) is 5.29. The van der Waals surface area contributed by atoms with Crippen molar-refractivity contribution in [2.24, 2.45) is 52.8 Å². The van der Waals surface area contributed by atoms with Crippen molar-refractivity contribution in [3.8, 4) is 0 Å². The molecule has 0 aromatic carbocycles. The van der Waals surface area contributed by atoms with E-state index in [0.29, 0.717) is 0 Å². The fraction of sp³-hybridized carbons (Fsp3) is 1.00. The van der Waals surface area contributed by atoms with Gasteiger partial charge >= 0.3 is 0 Å². The Bertz CT molecular complexity index is 415. The van der Waals surface area contributed by atoms with Crippen LogP contribution in [0.25, 0.3) is 0 Å². The Labute approximate surface area is 157 Å². The van der Waals surface area contributed by atoms with Gasteiger partial charge in [-0.2, -0.15) is 0 Å². The SMILES string of the molecule is CC1C2CCCC1C2.CC1CCC2CC1C2.CCC1(C)CCC2CC21. The van der Waals surface area contributed by atoms with Crippen LogP contribution in [0.1, 0.15) is 105 Å². The summed E-state index contributed by atoms with van der Waals surface area (Å²) in [4.78, 5) is 0. The third-order valence-corrected chi connectivity index (χ3v) is 10.1. The molecule has 0 saturated heterocycles. The van der Waals surface area contributed by atoms with Crippen LogP contribution in [0.3, 0.4) is 0 Å². The molecule has 0 spiro atoms. The van der Waals surface area contributed by atoms with Gasteiger partial charge in [0.05, 0.1) is 0 Å². The minimum Gasteiger partial charge on any atom is -0.0649 e. The van der Waals surface area contributed by atoms with Crippen LogP contribution in [0.2, 0.25) is 0 Å². The molecule has 8 aliphatic carbocycles. The highest BCUT2D eigenvalue weighted by molar-refractivity contribution is 5.03. The van der Waals surface area contributed by atoms with E-state index in [-0.39, 0.29) is 0 Å². The van der Waals surface area contributed by atoms with E-state index in [1.54, 1.807) is 25.7 Å². The van der Waals surface area contributed by atoms with Gasteiger partial charge in [0.15, 0.2) is 0 Å². The van der Waals surface area contributed by atoms with E-state index >= 15 is 0 Å². The average molecular weight is 345 g/mol. The molecule has 8 rings (SSSR count). The summed E-state index contributed by atoms with van der Waals surface area (Å²) >= 11 is 0. The molecule has 0 heteroatoms. The molecule has 0 aromatic heterocycles. The van der Waals surface area contributed by atoms with E-state index in [1.165, 1.54) is 51.4 Å². The van der Waals surface area contributed by atoms with Gasteiger partial charge in [0.1, 0.15) is 0 Å². The molecule has 144 valence electrons. The predicted molar refractivity (Wildman–Crippen MR) is 108 cm³/mol. The van der Waals surface area contributed by atoms with Crippen LogP contribution < -0.4 is 0 Å². The normalized spacial score (nSPS) is 53.8. The van der Waals surface area contributed by atoms with Crippen LogP contribution in [-0.2, 0) is 0 Å². The van der Waals surface area contributed by atoms with E-state index in [2.05, 4.69) is 27.7 Å². The number of rotatable bonds is 1. The van der Waals surface area contributed by atoms with Crippen LogP contribution >= 0.6 is 0 Å². The molecular formula is C25H44. The van der Waals surface area contributed by atoms with Crippen molar-refractivity contribution in [1.29, 1.82) is 0 Å². The molecule has 0 radical (unpaired) electrons. The molecular weight excluding hydrogens is 300 g/mol. The lowest BCUT2D eigenvalue weighted by atomic mass is 9.58. The summed E-state index contributed by atoms with van der Waals surface area (Å²) in [5, 5.41) is 0. The fourth-order valence-corrected chi connectivity index (χ4v) is 7.19. The van der Waals surface area contributed by atoms with Crippen molar-refractivity contribution in [2.75, 3.05) is 0 Å². The second-order valence-corrected chi connectivity index (χ2v) is 11.3. The molecule has 0 aromatic rings. The standard InChI is InChI=1S/C9H16.2C8H14/c1-3-9(2)5-4-7-6-8(7)9;1-6-2-3-7-4-8(6)5-7;1-6-7-3-2-4-8(6)5-7/h7-8H,3-6H2,1-2H3;2*6-8H,2-5H2,1H3. The Morgan fingerprint density at radius 3 is 1.72 bits per heavy atom. The quantitative estimate of drug-likeness (QED) is 0.457. The second-order valence-electron chi connectivity index (χ2n) is 11.3.